The maximum Gasteiger partial charge on any atom is 0.0797 e. The molecule has 1 rings (SSSR count). The second-order valence-corrected chi connectivity index (χ2v) is 5.00. The van der Waals surface area contributed by atoms with Crippen LogP contribution in [0.5, 0.6) is 0 Å². The van der Waals surface area contributed by atoms with Crippen LogP contribution in [-0.2, 0) is 4.74 Å². The molecule has 0 saturated carbocycles. The third-order valence-electron chi connectivity index (χ3n) is 2.42. The summed E-state index contributed by atoms with van der Waals surface area (Å²) < 4.78 is 5.83. The molecular weight excluding hydrogens is 204 g/mol. The van der Waals surface area contributed by atoms with E-state index in [1.807, 2.05) is 18.2 Å². The van der Waals surface area contributed by atoms with Crippen LogP contribution in [0.15, 0.2) is 30.3 Å². The van der Waals surface area contributed by atoms with Gasteiger partial charge in [0, 0.05) is 0 Å². The van der Waals surface area contributed by atoms with Crippen LogP contribution < -0.4 is 0 Å². The molecule has 1 aromatic rings. The highest BCUT2D eigenvalue weighted by Gasteiger charge is 2.17. The van der Waals surface area contributed by atoms with E-state index >= 15 is 0 Å². The Labute approximate surface area is 98.3 Å². The van der Waals surface area contributed by atoms with Gasteiger partial charge >= 0.3 is 0 Å². The standard InChI is InChI=1S/C13H20OS/c1-11(12-7-5-4-6-8-12)14-9-13(2,3)10-15/h4-8,11,15H,9-10H2,1-3H3. The zero-order chi connectivity index (χ0) is 11.3. The van der Waals surface area contributed by atoms with Crippen LogP contribution in [0.1, 0.15) is 32.4 Å². The van der Waals surface area contributed by atoms with E-state index in [1.54, 1.807) is 0 Å². The Morgan fingerprint density at radius 1 is 1.27 bits per heavy atom. The number of hydrogen-bond acceptors (Lipinski definition) is 2. The molecule has 0 aliphatic rings. The highest BCUT2D eigenvalue weighted by Crippen LogP contribution is 2.22. The van der Waals surface area contributed by atoms with E-state index in [-0.39, 0.29) is 11.5 Å². The van der Waals surface area contributed by atoms with E-state index in [0.29, 0.717) is 0 Å². The maximum atomic E-state index is 5.83. The summed E-state index contributed by atoms with van der Waals surface area (Å²) in [7, 11) is 0. The quantitative estimate of drug-likeness (QED) is 0.750. The summed E-state index contributed by atoms with van der Waals surface area (Å²) in [6.07, 6.45) is 0.158. The Kier molecular flexibility index (Phi) is 4.68. The Bertz CT molecular complexity index is 282. The molecule has 2 heteroatoms. The molecule has 1 atom stereocenters. The third-order valence-corrected chi connectivity index (χ3v) is 3.28. The van der Waals surface area contributed by atoms with Gasteiger partial charge in [-0.2, -0.15) is 12.6 Å². The first kappa shape index (κ1) is 12.6. The molecule has 0 spiro atoms. The first-order chi connectivity index (χ1) is 7.05. The average Bonchev–Trinajstić information content (AvgIpc) is 2.27. The minimum atomic E-state index is 0.145. The van der Waals surface area contributed by atoms with Crippen molar-refractivity contribution in [3.05, 3.63) is 35.9 Å². The largest absolute Gasteiger partial charge is 0.373 e. The molecule has 15 heavy (non-hydrogen) atoms. The Hall–Kier alpha value is -0.470. The normalized spacial score (nSPS) is 13.9. The van der Waals surface area contributed by atoms with Crippen LogP contribution in [0.4, 0.5) is 0 Å². The monoisotopic (exact) mass is 224 g/mol. The molecule has 1 aromatic carbocycles. The molecule has 0 aliphatic heterocycles. The number of ether oxygens (including phenoxy) is 1. The van der Waals surface area contributed by atoms with Crippen LogP contribution in [-0.4, -0.2) is 12.4 Å². The summed E-state index contributed by atoms with van der Waals surface area (Å²) in [4.78, 5) is 0. The number of thiol groups is 1. The van der Waals surface area contributed by atoms with Crippen LogP contribution in [0.25, 0.3) is 0 Å². The molecule has 1 nitrogen and oxygen atoms in total. The lowest BCUT2D eigenvalue weighted by Gasteiger charge is -2.24. The smallest absolute Gasteiger partial charge is 0.0797 e. The van der Waals surface area contributed by atoms with Gasteiger partial charge in [-0.15, -0.1) is 0 Å². The molecule has 0 fully saturated rings. The fraction of sp³-hybridized carbons (Fsp3) is 0.538. The molecule has 0 saturated heterocycles. The molecule has 0 aliphatic carbocycles. The van der Waals surface area contributed by atoms with Crippen LogP contribution in [0, 0.1) is 5.41 Å². The van der Waals surface area contributed by atoms with Crippen molar-refractivity contribution in [1.82, 2.24) is 0 Å². The zero-order valence-corrected chi connectivity index (χ0v) is 10.6. The van der Waals surface area contributed by atoms with Crippen molar-refractivity contribution in [1.29, 1.82) is 0 Å². The van der Waals surface area contributed by atoms with E-state index in [0.717, 1.165) is 12.4 Å². The second-order valence-electron chi connectivity index (χ2n) is 4.69. The summed E-state index contributed by atoms with van der Waals surface area (Å²) >= 11 is 4.31. The molecule has 0 heterocycles. The van der Waals surface area contributed by atoms with Crippen molar-refractivity contribution < 1.29 is 4.74 Å². The summed E-state index contributed by atoms with van der Waals surface area (Å²) in [6, 6.07) is 10.3. The van der Waals surface area contributed by atoms with Gasteiger partial charge in [0.25, 0.3) is 0 Å². The molecular formula is C13H20OS. The van der Waals surface area contributed by atoms with Crippen molar-refractivity contribution in [2.75, 3.05) is 12.4 Å². The van der Waals surface area contributed by atoms with Gasteiger partial charge in [0.15, 0.2) is 0 Å². The van der Waals surface area contributed by atoms with E-state index < -0.39 is 0 Å². The lowest BCUT2D eigenvalue weighted by Crippen LogP contribution is -2.22. The summed E-state index contributed by atoms with van der Waals surface area (Å²) in [6.45, 7) is 7.16. The molecule has 84 valence electrons. The molecule has 0 N–H and O–H groups in total. The van der Waals surface area contributed by atoms with Gasteiger partial charge in [-0.25, -0.2) is 0 Å². The van der Waals surface area contributed by atoms with E-state index in [9.17, 15) is 0 Å². The van der Waals surface area contributed by atoms with Gasteiger partial charge in [-0.1, -0.05) is 44.2 Å². The first-order valence-corrected chi connectivity index (χ1v) is 5.96. The van der Waals surface area contributed by atoms with Gasteiger partial charge in [0.2, 0.25) is 0 Å². The molecule has 0 bridgehead atoms. The van der Waals surface area contributed by atoms with Crippen molar-refractivity contribution in [2.45, 2.75) is 26.9 Å². The topological polar surface area (TPSA) is 9.23 Å². The van der Waals surface area contributed by atoms with Crippen molar-refractivity contribution in [3.63, 3.8) is 0 Å². The van der Waals surface area contributed by atoms with Crippen LogP contribution in [0.2, 0.25) is 0 Å². The van der Waals surface area contributed by atoms with Crippen LogP contribution >= 0.6 is 12.6 Å². The van der Waals surface area contributed by atoms with Gasteiger partial charge in [-0.05, 0) is 23.7 Å². The van der Waals surface area contributed by atoms with Gasteiger partial charge in [0.1, 0.15) is 0 Å². The minimum Gasteiger partial charge on any atom is -0.373 e. The van der Waals surface area contributed by atoms with Crippen molar-refractivity contribution >= 4 is 12.6 Å². The Morgan fingerprint density at radius 2 is 1.87 bits per heavy atom. The lowest BCUT2D eigenvalue weighted by molar-refractivity contribution is 0.0194. The molecule has 0 amide bonds. The van der Waals surface area contributed by atoms with Crippen LogP contribution in [0.3, 0.4) is 0 Å². The lowest BCUT2D eigenvalue weighted by atomic mass is 9.98. The molecule has 0 radical (unpaired) electrons. The average molecular weight is 224 g/mol. The Morgan fingerprint density at radius 3 is 2.40 bits per heavy atom. The van der Waals surface area contributed by atoms with Gasteiger partial charge < -0.3 is 4.74 Å². The predicted octanol–water partition coefficient (Wildman–Crippen LogP) is 3.72. The predicted molar refractivity (Wildman–Crippen MR) is 68.4 cm³/mol. The van der Waals surface area contributed by atoms with Crippen molar-refractivity contribution in [3.8, 4) is 0 Å². The molecule has 1 unspecified atom stereocenters. The minimum absolute atomic E-state index is 0.145. The van der Waals surface area contributed by atoms with Gasteiger partial charge in [0.05, 0.1) is 12.7 Å². The van der Waals surface area contributed by atoms with Crippen molar-refractivity contribution in [2.24, 2.45) is 5.41 Å². The van der Waals surface area contributed by atoms with Gasteiger partial charge in [-0.3, -0.25) is 0 Å². The second kappa shape index (κ2) is 5.57. The summed E-state index contributed by atoms with van der Waals surface area (Å²) in [5, 5.41) is 0. The Balaban J connectivity index is 2.47. The highest BCUT2D eigenvalue weighted by molar-refractivity contribution is 7.80. The van der Waals surface area contributed by atoms with E-state index in [4.69, 9.17) is 4.74 Å². The van der Waals surface area contributed by atoms with E-state index in [2.05, 4.69) is 45.5 Å². The SMILES string of the molecule is CC(OCC(C)(C)CS)c1ccccc1. The maximum absolute atomic E-state index is 5.83. The summed E-state index contributed by atoms with van der Waals surface area (Å²) in [5.41, 5.74) is 1.37. The number of rotatable bonds is 5. The fourth-order valence-electron chi connectivity index (χ4n) is 1.22. The fourth-order valence-corrected chi connectivity index (χ4v) is 1.31. The highest BCUT2D eigenvalue weighted by atomic mass is 32.1. The number of benzene rings is 1. The molecule has 0 aromatic heterocycles. The summed E-state index contributed by atoms with van der Waals surface area (Å²) in [5.74, 6) is 0.842. The number of hydrogen-bond donors (Lipinski definition) is 1. The van der Waals surface area contributed by atoms with E-state index in [1.165, 1.54) is 5.56 Å². The first-order valence-electron chi connectivity index (χ1n) is 5.32. The third kappa shape index (κ3) is 4.27. The zero-order valence-electron chi connectivity index (χ0n) is 9.73.